The van der Waals surface area contributed by atoms with Crippen LogP contribution in [0.3, 0.4) is 0 Å². The van der Waals surface area contributed by atoms with Crippen molar-refractivity contribution in [3.63, 3.8) is 0 Å². The highest BCUT2D eigenvalue weighted by atomic mass is 16.2. The summed E-state index contributed by atoms with van der Waals surface area (Å²) in [5.41, 5.74) is 3.76. The zero-order valence-corrected chi connectivity index (χ0v) is 16.0. The van der Waals surface area contributed by atoms with Crippen molar-refractivity contribution in [2.24, 2.45) is 5.92 Å². The van der Waals surface area contributed by atoms with Gasteiger partial charge in [0.1, 0.15) is 0 Å². The molecule has 0 N–H and O–H groups in total. The van der Waals surface area contributed by atoms with Crippen molar-refractivity contribution < 1.29 is 9.59 Å². The number of rotatable bonds is 3. The predicted molar refractivity (Wildman–Crippen MR) is 102 cm³/mol. The van der Waals surface area contributed by atoms with Crippen LogP contribution in [-0.4, -0.2) is 40.7 Å². The molecule has 140 valence electrons. The molecule has 0 radical (unpaired) electrons. The van der Waals surface area contributed by atoms with Gasteiger partial charge >= 0.3 is 0 Å². The average molecular weight is 354 g/mol. The van der Waals surface area contributed by atoms with Crippen LogP contribution >= 0.6 is 0 Å². The molecular formula is C22H30N2O2. The van der Waals surface area contributed by atoms with Crippen molar-refractivity contribution in [2.75, 3.05) is 13.1 Å². The first-order valence-corrected chi connectivity index (χ1v) is 10.2. The van der Waals surface area contributed by atoms with Gasteiger partial charge in [-0.1, -0.05) is 42.2 Å². The first-order chi connectivity index (χ1) is 12.5. The molecule has 1 aromatic rings. The highest BCUT2D eigenvalue weighted by molar-refractivity contribution is 5.89. The van der Waals surface area contributed by atoms with Gasteiger partial charge in [-0.3, -0.25) is 9.59 Å². The molecule has 2 atom stereocenters. The number of hydrogen-bond donors (Lipinski definition) is 0. The molecule has 1 saturated carbocycles. The summed E-state index contributed by atoms with van der Waals surface area (Å²) in [6, 6.07) is 7.17. The van der Waals surface area contributed by atoms with Gasteiger partial charge in [0.25, 0.3) is 0 Å². The van der Waals surface area contributed by atoms with Crippen molar-refractivity contribution >= 4 is 11.8 Å². The van der Waals surface area contributed by atoms with E-state index < -0.39 is 0 Å². The molecule has 2 heterocycles. The lowest BCUT2D eigenvalue weighted by Gasteiger charge is -2.29. The van der Waals surface area contributed by atoms with E-state index in [0.29, 0.717) is 19.0 Å². The van der Waals surface area contributed by atoms with E-state index >= 15 is 0 Å². The van der Waals surface area contributed by atoms with Crippen LogP contribution < -0.4 is 0 Å². The molecule has 0 spiro atoms. The van der Waals surface area contributed by atoms with Crippen molar-refractivity contribution in [2.45, 2.75) is 70.9 Å². The maximum absolute atomic E-state index is 13.3. The van der Waals surface area contributed by atoms with Gasteiger partial charge in [-0.15, -0.1) is 0 Å². The molecule has 0 aromatic heterocycles. The molecule has 0 bridgehead atoms. The summed E-state index contributed by atoms with van der Waals surface area (Å²) >= 11 is 0. The number of amides is 2. The fourth-order valence-electron chi connectivity index (χ4n) is 5.28. The number of carbonyl (C=O) groups excluding carboxylic acids is 2. The summed E-state index contributed by atoms with van der Waals surface area (Å²) in [6.45, 7) is 5.70. The van der Waals surface area contributed by atoms with Crippen molar-refractivity contribution in [1.29, 1.82) is 0 Å². The fraction of sp³-hybridized carbons (Fsp3) is 0.636. The maximum Gasteiger partial charge on any atom is 0.228 e. The lowest BCUT2D eigenvalue weighted by atomic mass is 9.98. The summed E-state index contributed by atoms with van der Waals surface area (Å²) in [7, 11) is 0. The maximum atomic E-state index is 13.3. The smallest absolute Gasteiger partial charge is 0.228 e. The Kier molecular flexibility index (Phi) is 4.76. The Morgan fingerprint density at radius 2 is 1.69 bits per heavy atom. The summed E-state index contributed by atoms with van der Waals surface area (Å²) in [5, 5.41) is 0. The van der Waals surface area contributed by atoms with Crippen molar-refractivity contribution in [3.8, 4) is 0 Å². The zero-order valence-electron chi connectivity index (χ0n) is 16.0. The third kappa shape index (κ3) is 3.26. The molecule has 4 rings (SSSR count). The molecule has 26 heavy (non-hydrogen) atoms. The first kappa shape index (κ1) is 17.6. The van der Waals surface area contributed by atoms with E-state index in [9.17, 15) is 9.59 Å². The van der Waals surface area contributed by atoms with Gasteiger partial charge < -0.3 is 9.80 Å². The largest absolute Gasteiger partial charge is 0.339 e. The van der Waals surface area contributed by atoms with E-state index in [2.05, 4.69) is 36.9 Å². The Hall–Kier alpha value is -1.84. The fourth-order valence-corrected chi connectivity index (χ4v) is 5.28. The third-order valence-electron chi connectivity index (χ3n) is 6.44. The number of likely N-dealkylation sites (tertiary alicyclic amines) is 2. The molecule has 2 unspecified atom stereocenters. The molecule has 2 amide bonds. The molecule has 3 fully saturated rings. The van der Waals surface area contributed by atoms with Gasteiger partial charge in [-0.2, -0.15) is 0 Å². The normalized spacial score (nSPS) is 26.9. The minimum atomic E-state index is -0.144. The van der Waals surface area contributed by atoms with Crippen LogP contribution in [0, 0.1) is 19.8 Å². The summed E-state index contributed by atoms with van der Waals surface area (Å²) in [5.74, 6) is 0.243. The number of aryl methyl sites for hydroxylation is 2. The van der Waals surface area contributed by atoms with Gasteiger partial charge in [0.15, 0.2) is 0 Å². The minimum absolute atomic E-state index is 0.144. The SMILES string of the molecule is Cc1cc(C)cc(C2CCCN2C(=O)C2CC(=O)N(C3CCCC3)C2)c1. The Balaban J connectivity index is 1.49. The van der Waals surface area contributed by atoms with Crippen LogP contribution in [0.15, 0.2) is 18.2 Å². The van der Waals surface area contributed by atoms with Crippen LogP contribution in [0.5, 0.6) is 0 Å². The number of benzene rings is 1. The number of nitrogens with zero attached hydrogens (tertiary/aromatic N) is 2. The minimum Gasteiger partial charge on any atom is -0.339 e. The first-order valence-electron chi connectivity index (χ1n) is 10.2. The Bertz CT molecular complexity index is 688. The highest BCUT2D eigenvalue weighted by Crippen LogP contribution is 2.36. The van der Waals surface area contributed by atoms with Crippen LogP contribution in [0.4, 0.5) is 0 Å². The summed E-state index contributed by atoms with van der Waals surface area (Å²) in [4.78, 5) is 29.8. The average Bonchev–Trinajstić information content (AvgIpc) is 3.33. The van der Waals surface area contributed by atoms with E-state index in [1.54, 1.807) is 0 Å². The second-order valence-electron chi connectivity index (χ2n) is 8.50. The predicted octanol–water partition coefficient (Wildman–Crippen LogP) is 3.76. The topological polar surface area (TPSA) is 40.6 Å². The molecular weight excluding hydrogens is 324 g/mol. The Labute approximate surface area is 156 Å². The molecule has 1 aromatic carbocycles. The summed E-state index contributed by atoms with van der Waals surface area (Å²) < 4.78 is 0. The van der Waals surface area contributed by atoms with Gasteiger partial charge in [0.2, 0.25) is 11.8 Å². The number of hydrogen-bond acceptors (Lipinski definition) is 2. The molecule has 4 heteroatoms. The molecule has 1 aliphatic carbocycles. The second kappa shape index (κ2) is 7.05. The Morgan fingerprint density at radius 1 is 1.00 bits per heavy atom. The van der Waals surface area contributed by atoms with Crippen molar-refractivity contribution in [3.05, 3.63) is 34.9 Å². The molecule has 2 saturated heterocycles. The van der Waals surface area contributed by atoms with Crippen LogP contribution in [0.2, 0.25) is 0 Å². The van der Waals surface area contributed by atoms with Crippen LogP contribution in [0.25, 0.3) is 0 Å². The van der Waals surface area contributed by atoms with E-state index in [1.165, 1.54) is 29.5 Å². The quantitative estimate of drug-likeness (QED) is 0.829. The van der Waals surface area contributed by atoms with Crippen LogP contribution in [-0.2, 0) is 9.59 Å². The van der Waals surface area contributed by atoms with E-state index in [1.807, 2.05) is 4.90 Å². The number of carbonyl (C=O) groups is 2. The van der Waals surface area contributed by atoms with E-state index in [4.69, 9.17) is 0 Å². The third-order valence-corrected chi connectivity index (χ3v) is 6.44. The standard InChI is InChI=1S/C22H30N2O2/c1-15-10-16(2)12-17(11-15)20-8-5-9-23(20)22(26)18-13-21(25)24(14-18)19-6-3-4-7-19/h10-12,18-20H,3-9,13-14H2,1-2H3. The van der Waals surface area contributed by atoms with E-state index in [0.717, 1.165) is 32.2 Å². The lowest BCUT2D eigenvalue weighted by Crippen LogP contribution is -2.39. The summed E-state index contributed by atoms with van der Waals surface area (Å²) in [6.07, 6.45) is 7.15. The van der Waals surface area contributed by atoms with Gasteiger partial charge in [-0.25, -0.2) is 0 Å². The van der Waals surface area contributed by atoms with E-state index in [-0.39, 0.29) is 23.8 Å². The Morgan fingerprint density at radius 3 is 2.38 bits per heavy atom. The van der Waals surface area contributed by atoms with Gasteiger partial charge in [0, 0.05) is 25.6 Å². The second-order valence-corrected chi connectivity index (χ2v) is 8.50. The van der Waals surface area contributed by atoms with Crippen molar-refractivity contribution in [1.82, 2.24) is 9.80 Å². The monoisotopic (exact) mass is 354 g/mol. The van der Waals surface area contributed by atoms with Crippen LogP contribution in [0.1, 0.15) is 67.7 Å². The molecule has 2 aliphatic heterocycles. The molecule has 3 aliphatic rings. The lowest BCUT2D eigenvalue weighted by molar-refractivity contribution is -0.136. The molecule has 4 nitrogen and oxygen atoms in total. The zero-order chi connectivity index (χ0) is 18.3. The highest BCUT2D eigenvalue weighted by Gasteiger charge is 2.42. The van der Waals surface area contributed by atoms with Gasteiger partial charge in [-0.05, 0) is 45.1 Å². The van der Waals surface area contributed by atoms with Gasteiger partial charge in [0.05, 0.1) is 12.0 Å².